The van der Waals surface area contributed by atoms with E-state index in [1.165, 1.54) is 10.5 Å². The molecule has 0 saturated carbocycles. The predicted molar refractivity (Wildman–Crippen MR) is 101 cm³/mol. The second kappa shape index (κ2) is 7.57. The van der Waals surface area contributed by atoms with Gasteiger partial charge in [-0.3, -0.25) is 4.79 Å². The number of oxazole rings is 1. The summed E-state index contributed by atoms with van der Waals surface area (Å²) >= 11 is 1.74. The fraction of sp³-hybridized carbons (Fsp3) is 0.200. The fourth-order valence-corrected chi connectivity index (χ4v) is 3.28. The highest BCUT2D eigenvalue weighted by Gasteiger charge is 2.12. The zero-order valence-corrected chi connectivity index (χ0v) is 15.3. The maximum atomic E-state index is 11.6. The van der Waals surface area contributed by atoms with Gasteiger partial charge in [-0.1, -0.05) is 17.7 Å². The number of carbonyl (C=O) groups excluding carboxylic acids is 1. The molecular weight excluding hydrogens is 332 g/mol. The summed E-state index contributed by atoms with van der Waals surface area (Å²) in [6, 6.07) is 15.7. The summed E-state index contributed by atoms with van der Waals surface area (Å²) in [7, 11) is 1.62. The maximum absolute atomic E-state index is 11.6. The number of nitrogens with zero attached hydrogens (tertiary/aromatic N) is 1. The van der Waals surface area contributed by atoms with Gasteiger partial charge < -0.3 is 9.73 Å². The topological polar surface area (TPSA) is 55.1 Å². The maximum Gasteiger partial charge on any atom is 0.251 e. The van der Waals surface area contributed by atoms with Crippen molar-refractivity contribution < 1.29 is 9.21 Å². The van der Waals surface area contributed by atoms with E-state index in [0.29, 0.717) is 11.5 Å². The van der Waals surface area contributed by atoms with E-state index >= 15 is 0 Å². The van der Waals surface area contributed by atoms with Gasteiger partial charge in [-0.05, 0) is 50.2 Å². The van der Waals surface area contributed by atoms with Crippen molar-refractivity contribution in [1.82, 2.24) is 10.3 Å². The van der Waals surface area contributed by atoms with Crippen molar-refractivity contribution in [2.75, 3.05) is 7.05 Å². The van der Waals surface area contributed by atoms with Crippen LogP contribution in [0.2, 0.25) is 0 Å². The first-order valence-electron chi connectivity index (χ1n) is 8.05. The van der Waals surface area contributed by atoms with Crippen LogP contribution in [0, 0.1) is 13.8 Å². The molecule has 0 unspecified atom stereocenters. The Morgan fingerprint density at radius 2 is 1.76 bits per heavy atom. The van der Waals surface area contributed by atoms with Crippen molar-refractivity contribution in [2.24, 2.45) is 0 Å². The molecule has 1 heterocycles. The number of amides is 1. The number of nitrogens with one attached hydrogen (secondary N) is 1. The SMILES string of the molecule is CNC(=O)c1ccc(-c2nc(CSc3ccc(C)cc3)c(C)o2)cc1. The lowest BCUT2D eigenvalue weighted by Crippen LogP contribution is -2.17. The van der Waals surface area contributed by atoms with Crippen LogP contribution in [0.1, 0.15) is 27.4 Å². The highest BCUT2D eigenvalue weighted by molar-refractivity contribution is 7.98. The molecule has 0 radical (unpaired) electrons. The van der Waals surface area contributed by atoms with Gasteiger partial charge in [-0.15, -0.1) is 11.8 Å². The lowest BCUT2D eigenvalue weighted by Gasteiger charge is -2.00. The molecule has 3 aromatic rings. The van der Waals surface area contributed by atoms with E-state index < -0.39 is 0 Å². The third-order valence-electron chi connectivity index (χ3n) is 3.91. The van der Waals surface area contributed by atoms with Crippen LogP contribution in [-0.2, 0) is 5.75 Å². The Labute approximate surface area is 151 Å². The summed E-state index contributed by atoms with van der Waals surface area (Å²) in [6.07, 6.45) is 0. The summed E-state index contributed by atoms with van der Waals surface area (Å²) in [4.78, 5) is 17.4. The molecule has 25 heavy (non-hydrogen) atoms. The lowest BCUT2D eigenvalue weighted by atomic mass is 10.1. The van der Waals surface area contributed by atoms with Crippen LogP contribution in [0.5, 0.6) is 0 Å². The van der Waals surface area contributed by atoms with Crippen LogP contribution in [0.25, 0.3) is 11.5 Å². The van der Waals surface area contributed by atoms with Crippen LogP contribution >= 0.6 is 11.8 Å². The van der Waals surface area contributed by atoms with Gasteiger partial charge in [-0.2, -0.15) is 0 Å². The Kier molecular flexibility index (Phi) is 5.24. The standard InChI is InChI=1S/C20H20N2O2S/c1-13-4-10-17(11-5-13)25-12-18-14(2)24-20(22-18)16-8-6-15(7-9-16)19(23)21-3/h4-11H,12H2,1-3H3,(H,21,23). The van der Waals surface area contributed by atoms with Gasteiger partial charge in [-0.25, -0.2) is 4.98 Å². The molecule has 0 spiro atoms. The van der Waals surface area contributed by atoms with Gasteiger partial charge >= 0.3 is 0 Å². The van der Waals surface area contributed by atoms with E-state index in [2.05, 4.69) is 41.5 Å². The number of hydrogen-bond donors (Lipinski definition) is 1. The smallest absolute Gasteiger partial charge is 0.251 e. The quantitative estimate of drug-likeness (QED) is 0.681. The molecule has 4 nitrogen and oxygen atoms in total. The highest BCUT2D eigenvalue weighted by atomic mass is 32.2. The molecule has 0 fully saturated rings. The number of carbonyl (C=O) groups is 1. The second-order valence-electron chi connectivity index (χ2n) is 5.78. The third-order valence-corrected chi connectivity index (χ3v) is 4.93. The number of hydrogen-bond acceptors (Lipinski definition) is 4. The monoisotopic (exact) mass is 352 g/mol. The molecule has 5 heteroatoms. The first-order valence-corrected chi connectivity index (χ1v) is 9.03. The minimum atomic E-state index is -0.106. The van der Waals surface area contributed by atoms with Crippen molar-refractivity contribution in [3.63, 3.8) is 0 Å². The summed E-state index contributed by atoms with van der Waals surface area (Å²) < 4.78 is 5.81. The number of aryl methyl sites for hydroxylation is 2. The number of aromatic nitrogens is 1. The molecular formula is C20H20N2O2S. The molecule has 0 atom stereocenters. The van der Waals surface area contributed by atoms with E-state index in [9.17, 15) is 4.79 Å². The minimum absolute atomic E-state index is 0.106. The van der Waals surface area contributed by atoms with Gasteiger partial charge in [0.2, 0.25) is 5.89 Å². The Morgan fingerprint density at radius 3 is 2.40 bits per heavy atom. The van der Waals surface area contributed by atoms with Crippen LogP contribution in [-0.4, -0.2) is 17.9 Å². The van der Waals surface area contributed by atoms with Crippen LogP contribution in [0.15, 0.2) is 57.8 Å². The van der Waals surface area contributed by atoms with Gasteiger partial charge in [0, 0.05) is 28.8 Å². The van der Waals surface area contributed by atoms with E-state index in [1.54, 1.807) is 30.9 Å². The molecule has 1 aromatic heterocycles. The Hall–Kier alpha value is -2.53. The van der Waals surface area contributed by atoms with Gasteiger partial charge in [0.1, 0.15) is 5.76 Å². The minimum Gasteiger partial charge on any atom is -0.441 e. The van der Waals surface area contributed by atoms with Gasteiger partial charge in [0.25, 0.3) is 5.91 Å². The predicted octanol–water partition coefficient (Wildman–Crippen LogP) is 4.61. The lowest BCUT2D eigenvalue weighted by molar-refractivity contribution is 0.0963. The second-order valence-corrected chi connectivity index (χ2v) is 6.83. The summed E-state index contributed by atoms with van der Waals surface area (Å²) in [5, 5.41) is 2.61. The third kappa shape index (κ3) is 4.12. The molecule has 0 saturated heterocycles. The Bertz CT molecular complexity index is 868. The van der Waals surface area contributed by atoms with E-state index in [4.69, 9.17) is 4.42 Å². The zero-order valence-electron chi connectivity index (χ0n) is 14.5. The van der Waals surface area contributed by atoms with Gasteiger partial charge in [0.05, 0.1) is 5.69 Å². The van der Waals surface area contributed by atoms with Crippen LogP contribution < -0.4 is 5.32 Å². The molecule has 0 bridgehead atoms. The average molecular weight is 352 g/mol. The number of benzene rings is 2. The molecule has 128 valence electrons. The van der Waals surface area contributed by atoms with Gasteiger partial charge in [0.15, 0.2) is 0 Å². The van der Waals surface area contributed by atoms with Crippen molar-refractivity contribution in [2.45, 2.75) is 24.5 Å². The van der Waals surface area contributed by atoms with Crippen molar-refractivity contribution in [1.29, 1.82) is 0 Å². The average Bonchev–Trinajstić information content (AvgIpc) is 3.01. The molecule has 3 rings (SSSR count). The molecule has 0 aliphatic heterocycles. The summed E-state index contributed by atoms with van der Waals surface area (Å²) in [5.74, 6) is 2.06. The molecule has 0 aliphatic carbocycles. The zero-order chi connectivity index (χ0) is 17.8. The van der Waals surface area contributed by atoms with Crippen LogP contribution in [0.3, 0.4) is 0 Å². The fourth-order valence-electron chi connectivity index (χ4n) is 2.38. The largest absolute Gasteiger partial charge is 0.441 e. The molecule has 2 aromatic carbocycles. The summed E-state index contributed by atoms with van der Waals surface area (Å²) in [6.45, 7) is 4.01. The normalized spacial score (nSPS) is 10.7. The Morgan fingerprint density at radius 1 is 1.08 bits per heavy atom. The Balaban J connectivity index is 1.73. The molecule has 1 amide bonds. The van der Waals surface area contributed by atoms with Crippen molar-refractivity contribution >= 4 is 17.7 Å². The van der Waals surface area contributed by atoms with E-state index in [0.717, 1.165) is 22.8 Å². The highest BCUT2D eigenvalue weighted by Crippen LogP contribution is 2.27. The summed E-state index contributed by atoms with van der Waals surface area (Å²) in [5.41, 5.74) is 3.67. The molecule has 0 aliphatic rings. The number of rotatable bonds is 5. The first-order chi connectivity index (χ1) is 12.1. The van der Waals surface area contributed by atoms with Crippen molar-refractivity contribution in [3.05, 3.63) is 71.1 Å². The van der Waals surface area contributed by atoms with E-state index in [1.807, 2.05) is 19.1 Å². The van der Waals surface area contributed by atoms with Crippen molar-refractivity contribution in [3.8, 4) is 11.5 Å². The van der Waals surface area contributed by atoms with Crippen LogP contribution in [0.4, 0.5) is 0 Å². The van der Waals surface area contributed by atoms with E-state index in [-0.39, 0.29) is 5.91 Å². The first kappa shape index (κ1) is 17.3. The molecule has 1 N–H and O–H groups in total. The number of thioether (sulfide) groups is 1.